The molecule has 2 aliphatic rings. The van der Waals surface area contributed by atoms with Gasteiger partial charge in [0.15, 0.2) is 0 Å². The molecular weight excluding hydrogens is 460 g/mol. The van der Waals surface area contributed by atoms with E-state index < -0.39 is 0 Å². The predicted octanol–water partition coefficient (Wildman–Crippen LogP) is 11.3. The van der Waals surface area contributed by atoms with Crippen LogP contribution in [0.1, 0.15) is 130 Å². The molecule has 0 heterocycles. The van der Waals surface area contributed by atoms with Gasteiger partial charge < -0.3 is 0 Å². The van der Waals surface area contributed by atoms with Crippen LogP contribution in [0.15, 0.2) is 72.3 Å². The molecule has 4 rings (SSSR count). The van der Waals surface area contributed by atoms with Crippen LogP contribution in [0.5, 0.6) is 0 Å². The smallest absolute Gasteiger partial charge is 0.132 e. The lowest BCUT2D eigenvalue weighted by atomic mass is 9.64. The minimum atomic E-state index is 0. The second kappa shape index (κ2) is 17.2. The molecule has 0 aliphatic heterocycles. The number of hydrogen-bond donors (Lipinski definition) is 0. The van der Waals surface area contributed by atoms with Crippen LogP contribution >= 0.6 is 0 Å². The van der Waals surface area contributed by atoms with Crippen LogP contribution in [0, 0.1) is 5.92 Å². The molecule has 2 aromatic carbocycles. The third kappa shape index (κ3) is 8.55. The van der Waals surface area contributed by atoms with Gasteiger partial charge in [0.2, 0.25) is 0 Å². The van der Waals surface area contributed by atoms with E-state index in [9.17, 15) is 4.79 Å². The van der Waals surface area contributed by atoms with Gasteiger partial charge in [-0.05, 0) is 103 Å². The van der Waals surface area contributed by atoms with Gasteiger partial charge in [-0.15, -0.1) is 0 Å². The molecule has 2 aliphatic carbocycles. The lowest BCUT2D eigenvalue weighted by Gasteiger charge is -2.40. The Balaban J connectivity index is 0.00000145. The zero-order valence-electron chi connectivity index (χ0n) is 25.3. The number of rotatable bonds is 11. The maximum atomic E-state index is 12.7. The van der Waals surface area contributed by atoms with Gasteiger partial charge in [0.05, 0.1) is 0 Å². The Labute approximate surface area is 236 Å². The number of ketones is 1. The van der Waals surface area contributed by atoms with Gasteiger partial charge in [-0.1, -0.05) is 108 Å². The number of Topliss-reactive ketones (excluding diaryl/α,β-unsaturated/α-hetero) is 1. The maximum Gasteiger partial charge on any atom is 0.132 e. The fraction of sp³-hybridized carbons (Fsp3) is 0.541. The van der Waals surface area contributed by atoms with Crippen LogP contribution in [0.4, 0.5) is 0 Å². The number of benzene rings is 2. The summed E-state index contributed by atoms with van der Waals surface area (Å²) in [4.78, 5) is 12.7. The van der Waals surface area contributed by atoms with Crippen LogP contribution in [0.3, 0.4) is 0 Å². The standard InChI is InChI=1S/C33H42O.2C2H6.H2/c1-3-11-27(32-21-19-28-12-8-9-17-31(28)32)13-10-16-30(34)20-18-26-22-24-33(4-2,25-23-26)29-14-6-5-7-15-29;2*1-2;/h5-9,11-12,14-15,17,21,26H,3-4,10,13,16,18-20,22-25H2,1-2H3;2*1-2H3;1H/b27-11+;;;. The Bertz CT molecular complexity index is 1010. The SMILES string of the molecule is CC.CC.CC/C=C(\CCCC(=O)CCC1CCC(CC)(c2ccccc2)CC1)C1=CCc2ccccc21.[HH]. The fourth-order valence-corrected chi connectivity index (χ4v) is 6.30. The van der Waals surface area contributed by atoms with E-state index in [4.69, 9.17) is 0 Å². The minimum absolute atomic E-state index is 0. The minimum Gasteiger partial charge on any atom is -0.300 e. The molecule has 1 fully saturated rings. The number of carbonyl (C=O) groups excluding carboxylic acids is 1. The van der Waals surface area contributed by atoms with Gasteiger partial charge in [-0.3, -0.25) is 4.79 Å². The molecule has 1 heteroatoms. The summed E-state index contributed by atoms with van der Waals surface area (Å²) in [6, 6.07) is 19.9. The highest BCUT2D eigenvalue weighted by Crippen LogP contribution is 2.45. The first kappa shape index (κ1) is 31.8. The summed E-state index contributed by atoms with van der Waals surface area (Å²) < 4.78 is 0. The molecule has 0 saturated heterocycles. The number of hydrogen-bond acceptors (Lipinski definition) is 1. The Morgan fingerprint density at radius 2 is 1.55 bits per heavy atom. The van der Waals surface area contributed by atoms with Crippen LogP contribution in [0.25, 0.3) is 5.57 Å². The first-order chi connectivity index (χ1) is 18.6. The molecule has 0 unspecified atom stereocenters. The number of carbonyl (C=O) groups is 1. The summed E-state index contributed by atoms with van der Waals surface area (Å²) in [6.07, 6.45) is 17.7. The van der Waals surface area contributed by atoms with Crippen molar-refractivity contribution in [3.8, 4) is 0 Å². The quantitative estimate of drug-likeness (QED) is 0.290. The molecular formula is C37H56O. The van der Waals surface area contributed by atoms with E-state index in [1.807, 2.05) is 27.7 Å². The Morgan fingerprint density at radius 1 is 0.895 bits per heavy atom. The summed E-state index contributed by atoms with van der Waals surface area (Å²) in [6.45, 7) is 12.6. The number of fused-ring (bicyclic) bond motifs is 1. The molecule has 0 amide bonds. The second-order valence-electron chi connectivity index (χ2n) is 10.5. The van der Waals surface area contributed by atoms with Crippen molar-refractivity contribution in [1.82, 2.24) is 0 Å². The highest BCUT2D eigenvalue weighted by atomic mass is 16.1. The van der Waals surface area contributed by atoms with Gasteiger partial charge in [0.1, 0.15) is 5.78 Å². The maximum absolute atomic E-state index is 12.7. The van der Waals surface area contributed by atoms with Crippen molar-refractivity contribution < 1.29 is 6.22 Å². The first-order valence-corrected chi connectivity index (χ1v) is 15.7. The monoisotopic (exact) mass is 516 g/mol. The number of allylic oxidation sites excluding steroid dienone is 4. The van der Waals surface area contributed by atoms with Crippen LogP contribution in [-0.4, -0.2) is 5.78 Å². The van der Waals surface area contributed by atoms with E-state index in [0.717, 1.165) is 50.9 Å². The van der Waals surface area contributed by atoms with Crippen LogP contribution in [-0.2, 0) is 16.6 Å². The third-order valence-electron chi connectivity index (χ3n) is 8.49. The third-order valence-corrected chi connectivity index (χ3v) is 8.49. The van der Waals surface area contributed by atoms with Gasteiger partial charge in [-0.2, -0.15) is 0 Å². The van der Waals surface area contributed by atoms with Crippen molar-refractivity contribution in [1.29, 1.82) is 0 Å². The van der Waals surface area contributed by atoms with E-state index in [1.54, 1.807) is 0 Å². The molecule has 0 spiro atoms. The Kier molecular flexibility index (Phi) is 14.4. The summed E-state index contributed by atoms with van der Waals surface area (Å²) in [5.74, 6) is 1.19. The van der Waals surface area contributed by atoms with Gasteiger partial charge in [0, 0.05) is 14.3 Å². The van der Waals surface area contributed by atoms with E-state index >= 15 is 0 Å². The highest BCUT2D eigenvalue weighted by molar-refractivity contribution is 5.84. The molecule has 38 heavy (non-hydrogen) atoms. The zero-order valence-corrected chi connectivity index (χ0v) is 25.3. The van der Waals surface area contributed by atoms with Gasteiger partial charge in [-0.25, -0.2) is 0 Å². The van der Waals surface area contributed by atoms with Crippen molar-refractivity contribution in [2.24, 2.45) is 5.92 Å². The molecule has 0 N–H and O–H groups in total. The average molecular weight is 517 g/mol. The molecule has 2 aromatic rings. The lowest BCUT2D eigenvalue weighted by Crippen LogP contribution is -2.31. The van der Waals surface area contributed by atoms with Crippen LogP contribution < -0.4 is 0 Å². The first-order valence-electron chi connectivity index (χ1n) is 15.7. The summed E-state index contributed by atoms with van der Waals surface area (Å²) in [5.41, 5.74) is 7.54. The van der Waals surface area contributed by atoms with E-state index in [2.05, 4.69) is 80.6 Å². The summed E-state index contributed by atoms with van der Waals surface area (Å²) in [5, 5.41) is 0. The fourth-order valence-electron chi connectivity index (χ4n) is 6.30. The van der Waals surface area contributed by atoms with E-state index in [1.165, 1.54) is 59.9 Å². The molecule has 0 bridgehead atoms. The summed E-state index contributed by atoms with van der Waals surface area (Å²) >= 11 is 0. The largest absolute Gasteiger partial charge is 0.300 e. The average Bonchev–Trinajstić information content (AvgIpc) is 3.42. The normalized spacial score (nSPS) is 20.3. The van der Waals surface area contributed by atoms with Crippen molar-refractivity contribution >= 4 is 11.4 Å². The summed E-state index contributed by atoms with van der Waals surface area (Å²) in [7, 11) is 0. The molecule has 0 radical (unpaired) electrons. The molecule has 1 nitrogen and oxygen atoms in total. The van der Waals surface area contributed by atoms with E-state index in [0.29, 0.717) is 11.2 Å². The zero-order chi connectivity index (χ0) is 27.8. The second-order valence-corrected chi connectivity index (χ2v) is 10.5. The Hall–Kier alpha value is -2.41. The van der Waals surface area contributed by atoms with Crippen molar-refractivity contribution in [3.63, 3.8) is 0 Å². The van der Waals surface area contributed by atoms with Crippen molar-refractivity contribution in [2.45, 2.75) is 124 Å². The van der Waals surface area contributed by atoms with Crippen molar-refractivity contribution in [2.75, 3.05) is 0 Å². The Morgan fingerprint density at radius 3 is 2.21 bits per heavy atom. The van der Waals surface area contributed by atoms with Crippen LogP contribution in [0.2, 0.25) is 0 Å². The molecule has 0 aromatic heterocycles. The van der Waals surface area contributed by atoms with Crippen molar-refractivity contribution in [3.05, 3.63) is 89.0 Å². The predicted molar refractivity (Wildman–Crippen MR) is 170 cm³/mol. The van der Waals surface area contributed by atoms with Gasteiger partial charge in [0.25, 0.3) is 0 Å². The lowest BCUT2D eigenvalue weighted by molar-refractivity contribution is -0.119. The highest BCUT2D eigenvalue weighted by Gasteiger charge is 2.35. The topological polar surface area (TPSA) is 17.1 Å². The molecule has 210 valence electrons. The molecule has 1 saturated carbocycles. The van der Waals surface area contributed by atoms with E-state index in [-0.39, 0.29) is 1.43 Å². The van der Waals surface area contributed by atoms with Gasteiger partial charge >= 0.3 is 0 Å². The molecule has 0 atom stereocenters.